The fourth-order valence-electron chi connectivity index (χ4n) is 5.49. The maximum atomic E-state index is 6.85. The molecule has 0 fully saturated rings. The van der Waals surface area contributed by atoms with Gasteiger partial charge in [0.1, 0.15) is 0 Å². The van der Waals surface area contributed by atoms with Gasteiger partial charge in [0.2, 0.25) is 0 Å². The lowest BCUT2D eigenvalue weighted by molar-refractivity contribution is 0.420. The summed E-state index contributed by atoms with van der Waals surface area (Å²) in [5.74, 6) is 1.10. The van der Waals surface area contributed by atoms with E-state index in [-0.39, 0.29) is 21.8 Å². The number of benzene rings is 2. The van der Waals surface area contributed by atoms with Crippen molar-refractivity contribution in [3.63, 3.8) is 0 Å². The summed E-state index contributed by atoms with van der Waals surface area (Å²) in [4.78, 5) is 0. The van der Waals surface area contributed by atoms with E-state index in [0.717, 1.165) is 5.69 Å². The average Bonchev–Trinajstić information content (AvgIpc) is 2.79. The summed E-state index contributed by atoms with van der Waals surface area (Å²) in [7, 11) is -0.907. The monoisotopic (exact) mass is 596 g/mol. The molecule has 0 saturated heterocycles. The van der Waals surface area contributed by atoms with Gasteiger partial charge in [0, 0.05) is 18.0 Å². The molecule has 1 N–H and O–H groups in total. The number of rotatable bonds is 7. The topological polar surface area (TPSA) is 33.6 Å². The minimum atomic E-state index is -2.78. The fourth-order valence-corrected chi connectivity index (χ4v) is 8.86. The molecule has 2 aromatic rings. The molecule has 238 valence electrons. The molecule has 1 atom stereocenters. The first-order valence-electron chi connectivity index (χ1n) is 16.1. The molecule has 0 spiro atoms. The lowest BCUT2D eigenvalue weighted by Gasteiger charge is -2.38. The van der Waals surface area contributed by atoms with Crippen LogP contribution in [0.15, 0.2) is 29.0 Å². The number of nitrogens with one attached hydrogen (secondary N) is 1. The summed E-state index contributed by atoms with van der Waals surface area (Å²) >= 11 is 0. The largest absolute Gasteiger partial charge is 0.332 e. The van der Waals surface area contributed by atoms with Crippen molar-refractivity contribution in [3.8, 4) is 0 Å². The van der Waals surface area contributed by atoms with Gasteiger partial charge < -0.3 is 4.52 Å². The fraction of sp³-hybridized carbons (Fsp3) is 0.684. The molecule has 0 aliphatic heterocycles. The minimum Gasteiger partial charge on any atom is -0.332 e. The van der Waals surface area contributed by atoms with E-state index >= 15 is 0 Å². The zero-order valence-electron chi connectivity index (χ0n) is 30.8. The van der Waals surface area contributed by atoms with Crippen LogP contribution >= 0.6 is 7.43 Å². The Balaban J connectivity index is 3.41. The molecule has 0 radical (unpaired) electrons. The summed E-state index contributed by atoms with van der Waals surface area (Å²) in [6.45, 7) is 41.4. The first-order chi connectivity index (χ1) is 18.7. The summed E-state index contributed by atoms with van der Waals surface area (Å²) in [5.41, 5.74) is 8.70. The van der Waals surface area contributed by atoms with Gasteiger partial charge >= 0.3 is 0 Å². The van der Waals surface area contributed by atoms with Crippen LogP contribution in [-0.2, 0) is 20.8 Å². The second kappa shape index (κ2) is 12.5. The second-order valence-electron chi connectivity index (χ2n) is 17.4. The second-order valence-corrected chi connectivity index (χ2v) is 19.8. The van der Waals surface area contributed by atoms with E-state index in [1.54, 1.807) is 0 Å². The van der Waals surface area contributed by atoms with Crippen LogP contribution in [0.1, 0.15) is 176 Å². The molecule has 2 rings (SSSR count). The third kappa shape index (κ3) is 8.40. The van der Waals surface area contributed by atoms with Crippen LogP contribution in [0.4, 0.5) is 5.69 Å². The highest BCUT2D eigenvalue weighted by Gasteiger charge is 2.37. The van der Waals surface area contributed by atoms with E-state index in [4.69, 9.17) is 9.27 Å². The smallest absolute Gasteiger partial charge is 0.187 e. The van der Waals surface area contributed by atoms with Gasteiger partial charge in [-0.2, -0.15) is 0 Å². The van der Waals surface area contributed by atoms with Crippen molar-refractivity contribution in [3.05, 3.63) is 57.6 Å². The van der Waals surface area contributed by atoms with Crippen LogP contribution in [0.2, 0.25) is 0 Å². The predicted octanol–water partition coefficient (Wildman–Crippen LogP) is 12.0. The van der Waals surface area contributed by atoms with Crippen molar-refractivity contribution in [2.24, 2.45) is 4.74 Å². The third-order valence-electron chi connectivity index (χ3n) is 7.99. The predicted molar refractivity (Wildman–Crippen MR) is 190 cm³/mol. The molecule has 3 nitrogen and oxygen atoms in total. The van der Waals surface area contributed by atoms with Gasteiger partial charge in [-0.1, -0.05) is 128 Å². The summed E-state index contributed by atoms with van der Waals surface area (Å²) < 4.78 is 12.8. The molecule has 42 heavy (non-hydrogen) atoms. The quantitative estimate of drug-likeness (QED) is 0.323. The Morgan fingerprint density at radius 2 is 1.02 bits per heavy atom. The van der Waals surface area contributed by atoms with E-state index in [0.29, 0.717) is 17.8 Å². The Morgan fingerprint density at radius 1 is 0.619 bits per heavy atom. The molecule has 0 bridgehead atoms. The Hall–Kier alpha value is -1.41. The number of hydrogen-bond donors (Lipinski definition) is 1. The normalized spacial score (nSPS) is 15.1. The van der Waals surface area contributed by atoms with Crippen LogP contribution in [0.5, 0.6) is 0 Å². The van der Waals surface area contributed by atoms with Crippen molar-refractivity contribution < 1.29 is 4.52 Å². The van der Waals surface area contributed by atoms with Gasteiger partial charge in [-0.25, -0.2) is 4.74 Å². The third-order valence-corrected chi connectivity index (χ3v) is 11.1. The van der Waals surface area contributed by atoms with Crippen LogP contribution in [0, 0.1) is 0 Å². The minimum absolute atomic E-state index is 0.0258. The lowest BCUT2D eigenvalue weighted by atomic mass is 9.74. The van der Waals surface area contributed by atoms with Gasteiger partial charge in [0.05, 0.1) is 5.69 Å². The van der Waals surface area contributed by atoms with E-state index < -0.39 is 7.43 Å². The van der Waals surface area contributed by atoms with E-state index in [2.05, 4.69) is 154 Å². The van der Waals surface area contributed by atoms with Gasteiger partial charge in [0.15, 0.2) is 7.43 Å². The summed E-state index contributed by atoms with van der Waals surface area (Å²) in [6.07, 6.45) is 0. The van der Waals surface area contributed by atoms with Crippen molar-refractivity contribution >= 4 is 18.4 Å². The van der Waals surface area contributed by atoms with Crippen LogP contribution in [-0.4, -0.2) is 12.6 Å². The molecule has 2 aromatic carbocycles. The van der Waals surface area contributed by atoms with Crippen molar-refractivity contribution in [1.82, 2.24) is 5.09 Å². The summed E-state index contributed by atoms with van der Waals surface area (Å²) in [6, 6.07) is 9.71. The molecule has 0 aliphatic carbocycles. The maximum Gasteiger partial charge on any atom is 0.187 e. The van der Waals surface area contributed by atoms with E-state index in [1.807, 2.05) is 7.11 Å². The Labute approximate surface area is 261 Å². The highest BCUT2D eigenvalue weighted by Crippen LogP contribution is 2.56. The number of nitrogens with zero attached hydrogens (tertiary/aromatic N) is 1. The molecule has 4 heteroatoms. The highest BCUT2D eigenvalue weighted by atomic mass is 31.2. The Morgan fingerprint density at radius 3 is 1.29 bits per heavy atom. The molecule has 0 aliphatic rings. The van der Waals surface area contributed by atoms with Crippen LogP contribution < -0.4 is 10.4 Å². The highest BCUT2D eigenvalue weighted by molar-refractivity contribution is 7.67. The molecule has 0 aromatic heterocycles. The van der Waals surface area contributed by atoms with Crippen molar-refractivity contribution in [2.75, 3.05) is 7.11 Å². The first-order valence-corrected chi connectivity index (χ1v) is 17.8. The SMILES string of the molecule is CO[P@](=Nc1c(C(C)(C)C)cc(C(C)(C)C)cc1C(C)(C)C)(NC(C)(C)C)c1c(C(C)C)cc(C(C)C)cc1C(C)C. The molecule has 0 heterocycles. The lowest BCUT2D eigenvalue weighted by Crippen LogP contribution is -2.39. The van der Waals surface area contributed by atoms with Gasteiger partial charge in [-0.05, 0) is 88.2 Å². The van der Waals surface area contributed by atoms with Crippen molar-refractivity contribution in [1.29, 1.82) is 0 Å². The average molecular weight is 597 g/mol. The van der Waals surface area contributed by atoms with Gasteiger partial charge in [0.25, 0.3) is 0 Å². The molecule has 0 unspecified atom stereocenters. The molecule has 0 saturated carbocycles. The standard InChI is InChI=1S/C38H65N2OP/c1-24(2)27-20-29(25(3)4)34(30(21-27)26(5)6)42(41-19,40-38(16,17)18)39-33-31(36(10,11)12)22-28(35(7,8)9)23-32(33)37(13,14)15/h20-26,40H,1-19H3/t42-/m1/s1. The maximum absolute atomic E-state index is 6.85. The number of hydrogen-bond acceptors (Lipinski definition) is 2. The van der Waals surface area contributed by atoms with E-state index in [9.17, 15) is 0 Å². The molecule has 0 amide bonds. The zero-order chi connectivity index (χ0) is 32.8. The van der Waals surface area contributed by atoms with Crippen LogP contribution in [0.25, 0.3) is 0 Å². The summed E-state index contributed by atoms with van der Waals surface area (Å²) in [5, 5.41) is 5.32. The van der Waals surface area contributed by atoms with E-state index in [1.165, 1.54) is 38.7 Å². The Bertz CT molecular complexity index is 1240. The Kier molecular flexibility index (Phi) is 11.0. The van der Waals surface area contributed by atoms with Gasteiger partial charge in [-0.3, -0.25) is 5.09 Å². The first kappa shape index (κ1) is 36.8. The van der Waals surface area contributed by atoms with Crippen LogP contribution in [0.3, 0.4) is 0 Å². The molecular formula is C38H65N2OP. The van der Waals surface area contributed by atoms with Crippen molar-refractivity contribution in [2.45, 2.75) is 164 Å². The zero-order valence-corrected chi connectivity index (χ0v) is 31.7. The van der Waals surface area contributed by atoms with Gasteiger partial charge in [-0.15, -0.1) is 0 Å². The molecular weight excluding hydrogens is 531 g/mol.